The van der Waals surface area contributed by atoms with Gasteiger partial charge in [0, 0.05) is 23.0 Å². The number of rotatable bonds is 1. The van der Waals surface area contributed by atoms with Crippen LogP contribution in [0.15, 0.2) is 40.6 Å². The van der Waals surface area contributed by atoms with Gasteiger partial charge in [-0.1, -0.05) is 0 Å². The normalized spacial score (nSPS) is 11.4. The van der Waals surface area contributed by atoms with E-state index in [-0.39, 0.29) is 5.56 Å². The standard InChI is InChI=1S/C14H9N3O2S/c1-19-9-3-2-8-6-10-12(15-11(8)7-9)17-4-5-20-14(17)16-13(10)18/h2-7H,1H3. The fraction of sp³-hybridized carbons (Fsp3) is 0.0714. The fourth-order valence-corrected chi connectivity index (χ4v) is 2.97. The molecule has 6 heteroatoms. The predicted molar refractivity (Wildman–Crippen MR) is 78.7 cm³/mol. The monoisotopic (exact) mass is 283 g/mol. The lowest BCUT2D eigenvalue weighted by molar-refractivity contribution is 0.415. The number of methoxy groups -OCH3 is 1. The van der Waals surface area contributed by atoms with E-state index in [9.17, 15) is 4.79 Å². The first kappa shape index (κ1) is 11.4. The molecular formula is C14H9N3O2S. The number of ether oxygens (including phenoxy) is 1. The number of nitrogens with zero attached hydrogens (tertiary/aromatic N) is 3. The molecule has 0 saturated heterocycles. The van der Waals surface area contributed by atoms with Gasteiger partial charge in [-0.2, -0.15) is 4.98 Å². The highest BCUT2D eigenvalue weighted by molar-refractivity contribution is 7.15. The van der Waals surface area contributed by atoms with Gasteiger partial charge in [-0.05, 0) is 18.2 Å². The van der Waals surface area contributed by atoms with Crippen molar-refractivity contribution < 1.29 is 4.74 Å². The Labute approximate surface area is 117 Å². The third-order valence-corrected chi connectivity index (χ3v) is 4.01. The molecule has 4 rings (SSSR count). The maximum atomic E-state index is 12.1. The SMILES string of the molecule is COc1ccc2cc3c(=O)nc4sccn4c3nc2c1. The van der Waals surface area contributed by atoms with Crippen molar-refractivity contribution in [2.24, 2.45) is 0 Å². The Balaban J connectivity index is 2.23. The molecule has 0 N–H and O–H groups in total. The maximum Gasteiger partial charge on any atom is 0.283 e. The average Bonchev–Trinajstić information content (AvgIpc) is 2.93. The molecule has 3 heterocycles. The van der Waals surface area contributed by atoms with Crippen molar-refractivity contribution in [1.29, 1.82) is 0 Å². The predicted octanol–water partition coefficient (Wildman–Crippen LogP) is 2.47. The Hall–Kier alpha value is -2.47. The molecule has 98 valence electrons. The van der Waals surface area contributed by atoms with Crippen molar-refractivity contribution in [1.82, 2.24) is 14.4 Å². The molecule has 0 radical (unpaired) electrons. The molecule has 1 aromatic carbocycles. The summed E-state index contributed by atoms with van der Waals surface area (Å²) in [6.45, 7) is 0. The van der Waals surface area contributed by atoms with Crippen LogP contribution in [0.25, 0.3) is 26.9 Å². The van der Waals surface area contributed by atoms with Crippen molar-refractivity contribution in [2.45, 2.75) is 0 Å². The van der Waals surface area contributed by atoms with Gasteiger partial charge in [-0.3, -0.25) is 9.20 Å². The first-order valence-electron chi connectivity index (χ1n) is 6.00. The Morgan fingerprint density at radius 1 is 1.25 bits per heavy atom. The number of hydrogen-bond acceptors (Lipinski definition) is 5. The average molecular weight is 283 g/mol. The summed E-state index contributed by atoms with van der Waals surface area (Å²) in [6, 6.07) is 7.43. The molecule has 0 aliphatic carbocycles. The molecule has 20 heavy (non-hydrogen) atoms. The molecule has 0 atom stereocenters. The van der Waals surface area contributed by atoms with Gasteiger partial charge in [0.1, 0.15) is 5.75 Å². The minimum atomic E-state index is -0.243. The molecule has 0 aliphatic rings. The van der Waals surface area contributed by atoms with E-state index < -0.39 is 0 Å². The van der Waals surface area contributed by atoms with Crippen molar-refractivity contribution in [3.05, 3.63) is 46.2 Å². The molecule has 4 aromatic rings. The van der Waals surface area contributed by atoms with Gasteiger partial charge in [0.15, 0.2) is 10.6 Å². The zero-order chi connectivity index (χ0) is 13.7. The van der Waals surface area contributed by atoms with Crippen LogP contribution in [0.3, 0.4) is 0 Å². The van der Waals surface area contributed by atoms with Crippen molar-refractivity contribution >= 4 is 38.2 Å². The molecule has 0 amide bonds. The molecule has 0 spiro atoms. The van der Waals surface area contributed by atoms with Crippen LogP contribution in [0.4, 0.5) is 0 Å². The Kier molecular flexibility index (Phi) is 2.28. The van der Waals surface area contributed by atoms with E-state index >= 15 is 0 Å². The summed E-state index contributed by atoms with van der Waals surface area (Å²) in [6.07, 6.45) is 1.87. The number of aromatic nitrogens is 3. The number of benzene rings is 1. The molecule has 0 unspecified atom stereocenters. The molecular weight excluding hydrogens is 274 g/mol. The van der Waals surface area contributed by atoms with Gasteiger partial charge in [-0.15, -0.1) is 11.3 Å². The van der Waals surface area contributed by atoms with E-state index in [0.29, 0.717) is 16.0 Å². The van der Waals surface area contributed by atoms with Crippen molar-refractivity contribution in [3.8, 4) is 5.75 Å². The quantitative estimate of drug-likeness (QED) is 0.504. The van der Waals surface area contributed by atoms with Crippen LogP contribution in [-0.2, 0) is 0 Å². The van der Waals surface area contributed by atoms with Gasteiger partial charge in [0.25, 0.3) is 5.56 Å². The third-order valence-electron chi connectivity index (χ3n) is 3.25. The Morgan fingerprint density at radius 2 is 2.15 bits per heavy atom. The van der Waals surface area contributed by atoms with Gasteiger partial charge in [0.2, 0.25) is 0 Å². The zero-order valence-corrected chi connectivity index (χ0v) is 11.3. The number of pyridine rings is 1. The van der Waals surface area contributed by atoms with E-state index in [4.69, 9.17) is 4.74 Å². The fourth-order valence-electron chi connectivity index (χ4n) is 2.27. The second kappa shape index (κ2) is 4.01. The summed E-state index contributed by atoms with van der Waals surface area (Å²) < 4.78 is 7.05. The van der Waals surface area contributed by atoms with Gasteiger partial charge >= 0.3 is 0 Å². The smallest absolute Gasteiger partial charge is 0.283 e. The molecule has 0 aliphatic heterocycles. The summed E-state index contributed by atoms with van der Waals surface area (Å²) in [7, 11) is 1.62. The van der Waals surface area contributed by atoms with Crippen LogP contribution in [0.2, 0.25) is 0 Å². The lowest BCUT2D eigenvalue weighted by Gasteiger charge is -2.05. The minimum absolute atomic E-state index is 0.243. The van der Waals surface area contributed by atoms with Gasteiger partial charge in [0.05, 0.1) is 18.0 Å². The minimum Gasteiger partial charge on any atom is -0.497 e. The van der Waals surface area contributed by atoms with E-state index in [1.165, 1.54) is 11.3 Å². The van der Waals surface area contributed by atoms with Gasteiger partial charge in [-0.25, -0.2) is 4.98 Å². The highest BCUT2D eigenvalue weighted by Gasteiger charge is 2.09. The largest absolute Gasteiger partial charge is 0.497 e. The molecule has 0 saturated carbocycles. The summed E-state index contributed by atoms with van der Waals surface area (Å²) in [5.41, 5.74) is 1.18. The lowest BCUT2D eigenvalue weighted by Crippen LogP contribution is -2.09. The van der Waals surface area contributed by atoms with E-state index in [1.54, 1.807) is 7.11 Å². The van der Waals surface area contributed by atoms with Crippen LogP contribution in [-0.4, -0.2) is 21.5 Å². The molecule has 3 aromatic heterocycles. The summed E-state index contributed by atoms with van der Waals surface area (Å²) in [4.78, 5) is 21.4. The summed E-state index contributed by atoms with van der Waals surface area (Å²) >= 11 is 1.42. The summed E-state index contributed by atoms with van der Waals surface area (Å²) in [5.74, 6) is 0.743. The van der Waals surface area contributed by atoms with Crippen LogP contribution in [0, 0.1) is 0 Å². The van der Waals surface area contributed by atoms with E-state index in [2.05, 4.69) is 9.97 Å². The van der Waals surface area contributed by atoms with E-state index in [0.717, 1.165) is 16.7 Å². The van der Waals surface area contributed by atoms with Crippen molar-refractivity contribution in [3.63, 3.8) is 0 Å². The Bertz CT molecular complexity index is 1020. The molecule has 5 nitrogen and oxygen atoms in total. The molecule has 0 fully saturated rings. The molecule has 0 bridgehead atoms. The lowest BCUT2D eigenvalue weighted by atomic mass is 10.2. The third kappa shape index (κ3) is 1.51. The highest BCUT2D eigenvalue weighted by Crippen LogP contribution is 2.23. The van der Waals surface area contributed by atoms with Crippen LogP contribution in [0.1, 0.15) is 0 Å². The Morgan fingerprint density at radius 3 is 3.00 bits per heavy atom. The number of fused-ring (bicyclic) bond motifs is 4. The van der Waals surface area contributed by atoms with E-state index in [1.807, 2.05) is 40.2 Å². The van der Waals surface area contributed by atoms with Crippen molar-refractivity contribution in [2.75, 3.05) is 7.11 Å². The first-order valence-corrected chi connectivity index (χ1v) is 6.88. The second-order valence-electron chi connectivity index (χ2n) is 4.39. The van der Waals surface area contributed by atoms with Gasteiger partial charge < -0.3 is 4.74 Å². The zero-order valence-electron chi connectivity index (χ0n) is 10.5. The maximum absolute atomic E-state index is 12.1. The first-order chi connectivity index (χ1) is 9.76. The van der Waals surface area contributed by atoms with Crippen LogP contribution in [0.5, 0.6) is 5.75 Å². The topological polar surface area (TPSA) is 56.5 Å². The summed E-state index contributed by atoms with van der Waals surface area (Å²) in [5, 5.41) is 3.31. The highest BCUT2D eigenvalue weighted by atomic mass is 32.1. The van der Waals surface area contributed by atoms with Crippen LogP contribution < -0.4 is 10.3 Å². The number of thiazole rings is 1. The van der Waals surface area contributed by atoms with Crippen LogP contribution >= 0.6 is 11.3 Å². The second-order valence-corrected chi connectivity index (χ2v) is 5.26. The number of hydrogen-bond donors (Lipinski definition) is 0.